The smallest absolute Gasteiger partial charge is 0.188 e. The molecule has 0 aliphatic carbocycles. The van der Waals surface area contributed by atoms with Crippen LogP contribution in [0.2, 0.25) is 0 Å². The molecule has 0 radical (unpaired) electrons. The third-order valence-corrected chi connectivity index (χ3v) is 2.41. The molecule has 16 heavy (non-hydrogen) atoms. The summed E-state index contributed by atoms with van der Waals surface area (Å²) in [7, 11) is 2.02. The van der Waals surface area contributed by atoms with E-state index in [1.54, 1.807) is 12.3 Å². The molecule has 0 aliphatic rings. The van der Waals surface area contributed by atoms with Crippen molar-refractivity contribution in [2.24, 2.45) is 10.9 Å². The largest absolute Gasteiger partial charge is 0.409 e. The van der Waals surface area contributed by atoms with Gasteiger partial charge < -0.3 is 15.8 Å². The van der Waals surface area contributed by atoms with Crippen molar-refractivity contribution in [1.82, 2.24) is 4.98 Å². The van der Waals surface area contributed by atoms with Gasteiger partial charge in [0.05, 0.1) is 11.9 Å². The zero-order valence-electron chi connectivity index (χ0n) is 9.72. The van der Waals surface area contributed by atoms with Gasteiger partial charge in [-0.1, -0.05) is 18.5 Å². The molecule has 0 bridgehead atoms. The number of oxime groups is 1. The highest BCUT2D eigenvalue weighted by Gasteiger charge is 2.03. The summed E-state index contributed by atoms with van der Waals surface area (Å²) in [5, 5.41) is 11.4. The number of nitrogens with zero attached hydrogens (tertiary/aromatic N) is 3. The van der Waals surface area contributed by atoms with Crippen molar-refractivity contribution in [3.63, 3.8) is 0 Å². The van der Waals surface area contributed by atoms with Crippen LogP contribution in [0.5, 0.6) is 0 Å². The topological polar surface area (TPSA) is 74.7 Å². The average Bonchev–Trinajstić information content (AvgIpc) is 2.35. The molecule has 88 valence electrons. The molecule has 0 saturated carbocycles. The first kappa shape index (κ1) is 12.3. The lowest BCUT2D eigenvalue weighted by Gasteiger charge is -2.18. The first-order valence-corrected chi connectivity index (χ1v) is 5.34. The second kappa shape index (κ2) is 5.95. The summed E-state index contributed by atoms with van der Waals surface area (Å²) < 4.78 is 0. The summed E-state index contributed by atoms with van der Waals surface area (Å²) in [6.45, 7) is 3.16. The molecule has 1 rings (SSSR count). The number of pyridine rings is 1. The van der Waals surface area contributed by atoms with Crippen molar-refractivity contribution in [3.8, 4) is 0 Å². The number of hydrogen-bond donors (Lipinski definition) is 2. The Hall–Kier alpha value is -1.78. The van der Waals surface area contributed by atoms with Crippen molar-refractivity contribution >= 4 is 11.5 Å². The molecule has 0 atom stereocenters. The molecule has 1 aromatic rings. The Kier molecular flexibility index (Phi) is 4.57. The van der Waals surface area contributed by atoms with Gasteiger partial charge >= 0.3 is 0 Å². The molecular formula is C11H18N4O. The van der Waals surface area contributed by atoms with Crippen LogP contribution in [0, 0.1) is 0 Å². The molecule has 0 aromatic carbocycles. The number of nitrogens with two attached hydrogens (primary N) is 1. The third kappa shape index (κ3) is 3.12. The molecule has 0 saturated heterocycles. The zero-order valence-corrected chi connectivity index (χ0v) is 9.72. The Morgan fingerprint density at radius 3 is 2.81 bits per heavy atom. The maximum atomic E-state index is 8.50. The van der Waals surface area contributed by atoms with E-state index in [2.05, 4.69) is 22.0 Å². The van der Waals surface area contributed by atoms with Crippen LogP contribution in [0.1, 0.15) is 25.5 Å². The lowest BCUT2D eigenvalue weighted by Crippen LogP contribution is -2.19. The third-order valence-electron chi connectivity index (χ3n) is 2.41. The molecular weight excluding hydrogens is 204 g/mol. The summed E-state index contributed by atoms with van der Waals surface area (Å²) in [6.07, 6.45) is 4.04. The van der Waals surface area contributed by atoms with Gasteiger partial charge in [0.2, 0.25) is 0 Å². The maximum absolute atomic E-state index is 8.50. The van der Waals surface area contributed by atoms with Crippen molar-refractivity contribution in [1.29, 1.82) is 0 Å². The van der Waals surface area contributed by atoms with Gasteiger partial charge in [-0.2, -0.15) is 0 Å². The van der Waals surface area contributed by atoms with E-state index in [0.717, 1.165) is 18.7 Å². The number of rotatable bonds is 5. The standard InChI is InChI=1S/C11H18N4O/c1-3-4-7-15(2)9-5-6-10(13-8-9)11(12)14-16/h5-6,8,16H,3-4,7H2,1-2H3,(H2,12,14). The van der Waals surface area contributed by atoms with Crippen LogP contribution in [0.15, 0.2) is 23.5 Å². The first-order chi connectivity index (χ1) is 7.69. The Labute approximate surface area is 95.6 Å². The molecule has 5 nitrogen and oxygen atoms in total. The number of hydrogen-bond acceptors (Lipinski definition) is 4. The Bertz CT molecular complexity index is 348. The van der Waals surface area contributed by atoms with E-state index in [4.69, 9.17) is 10.9 Å². The minimum Gasteiger partial charge on any atom is -0.409 e. The van der Waals surface area contributed by atoms with Gasteiger partial charge in [0.15, 0.2) is 5.84 Å². The van der Waals surface area contributed by atoms with Gasteiger partial charge in [-0.3, -0.25) is 4.98 Å². The molecule has 1 aromatic heterocycles. The average molecular weight is 222 g/mol. The maximum Gasteiger partial charge on any atom is 0.188 e. The van der Waals surface area contributed by atoms with Gasteiger partial charge in [-0.05, 0) is 18.6 Å². The first-order valence-electron chi connectivity index (χ1n) is 5.34. The van der Waals surface area contributed by atoms with Gasteiger partial charge in [0.1, 0.15) is 5.69 Å². The van der Waals surface area contributed by atoms with E-state index >= 15 is 0 Å². The van der Waals surface area contributed by atoms with Crippen LogP contribution in [0.25, 0.3) is 0 Å². The Balaban J connectivity index is 2.71. The molecule has 3 N–H and O–H groups in total. The summed E-state index contributed by atoms with van der Waals surface area (Å²) >= 11 is 0. The lowest BCUT2D eigenvalue weighted by molar-refractivity contribution is 0.318. The summed E-state index contributed by atoms with van der Waals surface area (Å²) in [6, 6.07) is 3.66. The summed E-state index contributed by atoms with van der Waals surface area (Å²) in [5.41, 5.74) is 6.94. The van der Waals surface area contributed by atoms with E-state index < -0.39 is 0 Å². The van der Waals surface area contributed by atoms with Crippen LogP contribution in [0.4, 0.5) is 5.69 Å². The van der Waals surface area contributed by atoms with Crippen molar-refractivity contribution in [3.05, 3.63) is 24.0 Å². The normalized spacial score (nSPS) is 11.5. The minimum absolute atomic E-state index is 0.0303. The zero-order chi connectivity index (χ0) is 12.0. The summed E-state index contributed by atoms with van der Waals surface area (Å²) in [5.74, 6) is 0.0303. The molecule has 0 amide bonds. The molecule has 0 fully saturated rings. The van der Waals surface area contributed by atoms with Crippen molar-refractivity contribution in [2.45, 2.75) is 19.8 Å². The Morgan fingerprint density at radius 1 is 1.56 bits per heavy atom. The molecule has 5 heteroatoms. The fraction of sp³-hybridized carbons (Fsp3) is 0.455. The highest BCUT2D eigenvalue weighted by atomic mass is 16.4. The van der Waals surface area contributed by atoms with Crippen LogP contribution in [0.3, 0.4) is 0 Å². The van der Waals surface area contributed by atoms with E-state index in [1.807, 2.05) is 13.1 Å². The fourth-order valence-electron chi connectivity index (χ4n) is 1.34. The molecule has 0 spiro atoms. The van der Waals surface area contributed by atoms with Crippen LogP contribution in [-0.2, 0) is 0 Å². The second-order valence-corrected chi connectivity index (χ2v) is 3.66. The quantitative estimate of drug-likeness (QED) is 0.342. The summed E-state index contributed by atoms with van der Waals surface area (Å²) in [4.78, 5) is 6.25. The molecule has 0 aliphatic heterocycles. The van der Waals surface area contributed by atoms with Crippen LogP contribution < -0.4 is 10.6 Å². The highest BCUT2D eigenvalue weighted by Crippen LogP contribution is 2.11. The fourth-order valence-corrected chi connectivity index (χ4v) is 1.34. The van der Waals surface area contributed by atoms with Crippen molar-refractivity contribution in [2.75, 3.05) is 18.5 Å². The van der Waals surface area contributed by atoms with Gasteiger partial charge in [0, 0.05) is 13.6 Å². The number of anilines is 1. The molecule has 1 heterocycles. The van der Waals surface area contributed by atoms with Gasteiger partial charge in [-0.15, -0.1) is 0 Å². The van der Waals surface area contributed by atoms with E-state index in [1.165, 1.54) is 6.42 Å². The van der Waals surface area contributed by atoms with Gasteiger partial charge in [0.25, 0.3) is 0 Å². The van der Waals surface area contributed by atoms with E-state index in [0.29, 0.717) is 5.69 Å². The highest BCUT2D eigenvalue weighted by molar-refractivity contribution is 5.95. The second-order valence-electron chi connectivity index (χ2n) is 3.66. The predicted octanol–water partition coefficient (Wildman–Crippen LogP) is 1.41. The van der Waals surface area contributed by atoms with Crippen molar-refractivity contribution < 1.29 is 5.21 Å². The number of amidine groups is 1. The molecule has 0 unspecified atom stereocenters. The van der Waals surface area contributed by atoms with Crippen LogP contribution in [-0.4, -0.2) is 29.6 Å². The van der Waals surface area contributed by atoms with Crippen LogP contribution >= 0.6 is 0 Å². The monoisotopic (exact) mass is 222 g/mol. The number of unbranched alkanes of at least 4 members (excludes halogenated alkanes) is 1. The lowest BCUT2D eigenvalue weighted by atomic mass is 10.2. The minimum atomic E-state index is 0.0303. The number of aromatic nitrogens is 1. The predicted molar refractivity (Wildman–Crippen MR) is 64.9 cm³/mol. The van der Waals surface area contributed by atoms with E-state index in [-0.39, 0.29) is 5.84 Å². The van der Waals surface area contributed by atoms with E-state index in [9.17, 15) is 0 Å². The Morgan fingerprint density at radius 2 is 2.31 bits per heavy atom. The van der Waals surface area contributed by atoms with Gasteiger partial charge in [-0.25, -0.2) is 0 Å². The SMILES string of the molecule is CCCCN(C)c1ccc(/C(N)=N/O)nc1.